The Morgan fingerprint density at radius 2 is 2.17 bits per heavy atom. The van der Waals surface area contributed by atoms with Gasteiger partial charge in [-0.25, -0.2) is 8.78 Å². The first-order valence-corrected chi connectivity index (χ1v) is 6.68. The fourth-order valence-corrected chi connectivity index (χ4v) is 3.04. The molecule has 6 heteroatoms. The lowest BCUT2D eigenvalue weighted by atomic mass is 9.96. The van der Waals surface area contributed by atoms with Crippen molar-refractivity contribution < 1.29 is 8.78 Å². The van der Waals surface area contributed by atoms with E-state index in [1.807, 2.05) is 4.57 Å². The van der Waals surface area contributed by atoms with Gasteiger partial charge in [-0.3, -0.25) is 0 Å². The van der Waals surface area contributed by atoms with Gasteiger partial charge in [-0.15, -0.1) is 0 Å². The van der Waals surface area contributed by atoms with Gasteiger partial charge in [-0.1, -0.05) is 0 Å². The van der Waals surface area contributed by atoms with Gasteiger partial charge in [0.1, 0.15) is 11.6 Å². The molecule has 1 aliphatic heterocycles. The number of nitrogens with zero attached hydrogens (tertiary/aromatic N) is 1. The van der Waals surface area contributed by atoms with Gasteiger partial charge in [0.05, 0.1) is 4.47 Å². The number of aromatic nitrogens is 2. The third-order valence-electron chi connectivity index (χ3n) is 3.30. The highest BCUT2D eigenvalue weighted by Gasteiger charge is 2.29. The highest BCUT2D eigenvalue weighted by molar-refractivity contribution is 9.10. The average Bonchev–Trinajstić information content (AvgIpc) is 2.88. The average molecular weight is 331 g/mol. The Balaban J connectivity index is 2.05. The number of nitrogens with one attached hydrogen (secondary N) is 1. The first kappa shape index (κ1) is 12.0. The lowest BCUT2D eigenvalue weighted by Crippen LogP contribution is -2.07. The molecule has 0 unspecified atom stereocenters. The van der Waals surface area contributed by atoms with Crippen LogP contribution in [0.2, 0.25) is 0 Å². The topological polar surface area (TPSA) is 20.7 Å². The van der Waals surface area contributed by atoms with E-state index in [1.165, 1.54) is 12.1 Å². The van der Waals surface area contributed by atoms with Crippen LogP contribution >= 0.6 is 28.1 Å². The number of fused-ring (bicyclic) bond motifs is 1. The third kappa shape index (κ3) is 1.75. The van der Waals surface area contributed by atoms with Gasteiger partial charge in [0.15, 0.2) is 4.77 Å². The van der Waals surface area contributed by atoms with Crippen molar-refractivity contribution in [1.29, 1.82) is 0 Å². The van der Waals surface area contributed by atoms with Crippen molar-refractivity contribution in [3.63, 3.8) is 0 Å². The zero-order valence-corrected chi connectivity index (χ0v) is 11.6. The molecule has 0 saturated heterocycles. The standard InChI is InChI=1S/C12H9BrF2N2S/c13-8-1-2-9(14)10(11(8)15)6-3-7-4-16-12(18)17(7)5-6/h1-2,4,6H,3,5H2,(H,16,18)/t6-/m0/s1. The van der Waals surface area contributed by atoms with Crippen LogP contribution in [0.15, 0.2) is 22.8 Å². The first-order chi connectivity index (χ1) is 8.58. The first-order valence-electron chi connectivity index (χ1n) is 5.48. The maximum Gasteiger partial charge on any atom is 0.177 e. The molecule has 0 amide bonds. The Morgan fingerprint density at radius 3 is 2.89 bits per heavy atom. The lowest BCUT2D eigenvalue weighted by Gasteiger charge is -2.12. The molecular formula is C12H9BrF2N2S. The molecule has 0 spiro atoms. The van der Waals surface area contributed by atoms with Gasteiger partial charge in [-0.05, 0) is 46.7 Å². The number of hydrogen-bond acceptors (Lipinski definition) is 1. The minimum atomic E-state index is -0.513. The summed E-state index contributed by atoms with van der Waals surface area (Å²) >= 11 is 8.21. The van der Waals surface area contributed by atoms with E-state index in [-0.39, 0.29) is 11.5 Å². The number of hydrogen-bond donors (Lipinski definition) is 1. The molecule has 3 rings (SSSR count). The Morgan fingerprint density at radius 1 is 1.39 bits per heavy atom. The normalized spacial score (nSPS) is 18.1. The monoisotopic (exact) mass is 330 g/mol. The summed E-state index contributed by atoms with van der Waals surface area (Å²) < 4.78 is 30.6. The summed E-state index contributed by atoms with van der Waals surface area (Å²) in [5.74, 6) is -1.21. The predicted octanol–water partition coefficient (Wildman–Crippen LogP) is 3.93. The largest absolute Gasteiger partial charge is 0.337 e. The van der Waals surface area contributed by atoms with Crippen LogP contribution in [-0.4, -0.2) is 9.55 Å². The minimum absolute atomic E-state index is 0.141. The molecule has 2 aromatic rings. The number of halogens is 3. The molecule has 0 aliphatic carbocycles. The third-order valence-corrected chi connectivity index (χ3v) is 4.25. The number of imidazole rings is 1. The van der Waals surface area contributed by atoms with Gasteiger partial charge in [0.25, 0.3) is 0 Å². The molecule has 0 saturated carbocycles. The molecule has 2 nitrogen and oxygen atoms in total. The van der Waals surface area contributed by atoms with E-state index in [2.05, 4.69) is 20.9 Å². The van der Waals surface area contributed by atoms with Crippen LogP contribution in [0, 0.1) is 16.4 Å². The molecule has 0 fully saturated rings. The van der Waals surface area contributed by atoms with E-state index in [9.17, 15) is 8.78 Å². The van der Waals surface area contributed by atoms with E-state index < -0.39 is 11.6 Å². The van der Waals surface area contributed by atoms with E-state index >= 15 is 0 Å². The second-order valence-corrected chi connectivity index (χ2v) is 5.59. The van der Waals surface area contributed by atoms with Crippen molar-refractivity contribution in [3.05, 3.63) is 50.5 Å². The second-order valence-electron chi connectivity index (χ2n) is 4.35. The van der Waals surface area contributed by atoms with Crippen molar-refractivity contribution in [1.82, 2.24) is 9.55 Å². The summed E-state index contributed by atoms with van der Waals surface area (Å²) in [4.78, 5) is 2.93. The molecular weight excluding hydrogens is 322 g/mol. The van der Waals surface area contributed by atoms with Gasteiger partial charge in [0.2, 0.25) is 0 Å². The van der Waals surface area contributed by atoms with E-state index in [4.69, 9.17) is 12.2 Å². The predicted molar refractivity (Wildman–Crippen MR) is 70.1 cm³/mol. The molecule has 1 aromatic carbocycles. The minimum Gasteiger partial charge on any atom is -0.337 e. The SMILES string of the molecule is Fc1ccc(Br)c(F)c1[C@H]1Cc2c[nH]c(=S)n2C1. The quantitative estimate of drug-likeness (QED) is 0.620. The van der Waals surface area contributed by atoms with Crippen molar-refractivity contribution in [2.75, 3.05) is 0 Å². The van der Waals surface area contributed by atoms with Crippen LogP contribution in [0.3, 0.4) is 0 Å². The van der Waals surface area contributed by atoms with Gasteiger partial charge >= 0.3 is 0 Å². The molecule has 94 valence electrons. The zero-order chi connectivity index (χ0) is 12.9. The van der Waals surface area contributed by atoms with E-state index in [0.29, 0.717) is 22.2 Å². The van der Waals surface area contributed by atoms with Gasteiger partial charge in [-0.2, -0.15) is 0 Å². The van der Waals surface area contributed by atoms with Crippen LogP contribution in [0.5, 0.6) is 0 Å². The number of benzene rings is 1. The van der Waals surface area contributed by atoms with Gasteiger partial charge in [0, 0.05) is 29.9 Å². The van der Waals surface area contributed by atoms with Crippen LogP contribution in [0.1, 0.15) is 17.2 Å². The number of aromatic amines is 1. The Hall–Kier alpha value is -1.01. The Bertz CT molecular complexity index is 677. The maximum absolute atomic E-state index is 14.0. The van der Waals surface area contributed by atoms with Crippen molar-refractivity contribution in [3.8, 4) is 0 Å². The Labute approximate surface area is 116 Å². The summed E-state index contributed by atoms with van der Waals surface area (Å²) in [5.41, 5.74) is 1.13. The zero-order valence-electron chi connectivity index (χ0n) is 9.21. The number of H-pyrrole nitrogens is 1. The maximum atomic E-state index is 14.0. The molecule has 1 atom stereocenters. The summed E-state index contributed by atoms with van der Waals surface area (Å²) in [6, 6.07) is 2.67. The lowest BCUT2D eigenvalue weighted by molar-refractivity contribution is 0.509. The summed E-state index contributed by atoms with van der Waals surface area (Å²) in [7, 11) is 0. The second kappa shape index (κ2) is 4.28. The Kier molecular flexibility index (Phi) is 2.86. The summed E-state index contributed by atoms with van der Waals surface area (Å²) in [6.45, 7) is 0.516. The summed E-state index contributed by atoms with van der Waals surface area (Å²) in [6.07, 6.45) is 2.40. The molecule has 2 heterocycles. The summed E-state index contributed by atoms with van der Waals surface area (Å²) in [5, 5.41) is 0. The smallest absolute Gasteiger partial charge is 0.177 e. The fraction of sp³-hybridized carbons (Fsp3) is 0.250. The van der Waals surface area contributed by atoms with Crippen molar-refractivity contribution >= 4 is 28.1 Å². The van der Waals surface area contributed by atoms with Crippen molar-refractivity contribution in [2.45, 2.75) is 18.9 Å². The van der Waals surface area contributed by atoms with Crippen LogP contribution < -0.4 is 0 Å². The highest BCUT2D eigenvalue weighted by atomic mass is 79.9. The molecule has 1 N–H and O–H groups in total. The number of rotatable bonds is 1. The molecule has 1 aromatic heterocycles. The van der Waals surface area contributed by atoms with E-state index in [0.717, 1.165) is 5.69 Å². The molecule has 18 heavy (non-hydrogen) atoms. The highest BCUT2D eigenvalue weighted by Crippen LogP contribution is 2.35. The fourth-order valence-electron chi connectivity index (χ4n) is 2.45. The van der Waals surface area contributed by atoms with Crippen LogP contribution in [-0.2, 0) is 13.0 Å². The molecule has 1 aliphatic rings. The molecule has 0 radical (unpaired) electrons. The van der Waals surface area contributed by atoms with Crippen LogP contribution in [0.25, 0.3) is 0 Å². The van der Waals surface area contributed by atoms with Gasteiger partial charge < -0.3 is 9.55 Å². The van der Waals surface area contributed by atoms with E-state index in [1.54, 1.807) is 6.20 Å². The molecule has 0 bridgehead atoms. The van der Waals surface area contributed by atoms with Crippen molar-refractivity contribution in [2.24, 2.45) is 0 Å². The van der Waals surface area contributed by atoms with Crippen LogP contribution in [0.4, 0.5) is 8.78 Å².